The molecule has 3 aromatic rings. The molecule has 0 saturated heterocycles. The van der Waals surface area contributed by atoms with Crippen LogP contribution >= 0.6 is 0 Å². The molecule has 0 fully saturated rings. The number of nitrogens with one attached hydrogen (secondary N) is 1. The van der Waals surface area contributed by atoms with E-state index in [0.717, 1.165) is 16.8 Å². The van der Waals surface area contributed by atoms with Gasteiger partial charge in [0.15, 0.2) is 0 Å². The van der Waals surface area contributed by atoms with E-state index >= 15 is 0 Å². The highest BCUT2D eigenvalue weighted by atomic mass is 16.2. The van der Waals surface area contributed by atoms with Crippen molar-refractivity contribution < 1.29 is 9.59 Å². The molecule has 0 aliphatic carbocycles. The summed E-state index contributed by atoms with van der Waals surface area (Å²) in [4.78, 5) is 38.7. The molecule has 1 aromatic heterocycles. The summed E-state index contributed by atoms with van der Waals surface area (Å²) in [5, 5.41) is 8.27. The first kappa shape index (κ1) is 20.3. The summed E-state index contributed by atoms with van der Waals surface area (Å²) in [7, 11) is 3.14. The Morgan fingerprint density at radius 3 is 2.52 bits per heavy atom. The van der Waals surface area contributed by atoms with Crippen molar-refractivity contribution in [2.45, 2.75) is 20.3 Å². The van der Waals surface area contributed by atoms with Crippen LogP contribution in [0.1, 0.15) is 16.8 Å². The van der Waals surface area contributed by atoms with E-state index in [2.05, 4.69) is 10.4 Å². The SMILES string of the molecule is Cc1ccc(C)c(NC(=O)CN(C)C(=O)Cc2nn(C)c(=O)c3ccccc23)c1. The summed E-state index contributed by atoms with van der Waals surface area (Å²) in [6, 6.07) is 12.9. The molecule has 7 heteroatoms. The number of hydrogen-bond acceptors (Lipinski definition) is 4. The molecule has 1 heterocycles. The van der Waals surface area contributed by atoms with Gasteiger partial charge in [0.1, 0.15) is 0 Å². The second kappa shape index (κ2) is 8.26. The Kier molecular flexibility index (Phi) is 5.77. The summed E-state index contributed by atoms with van der Waals surface area (Å²) in [6.07, 6.45) is 0.00187. The molecule has 0 saturated carbocycles. The van der Waals surface area contributed by atoms with E-state index in [1.165, 1.54) is 9.58 Å². The number of aromatic nitrogens is 2. The smallest absolute Gasteiger partial charge is 0.274 e. The molecule has 0 aliphatic rings. The van der Waals surface area contributed by atoms with Gasteiger partial charge in [-0.2, -0.15) is 5.10 Å². The van der Waals surface area contributed by atoms with Gasteiger partial charge in [0.2, 0.25) is 11.8 Å². The van der Waals surface area contributed by atoms with Crippen LogP contribution in [-0.2, 0) is 23.1 Å². The van der Waals surface area contributed by atoms with Crippen molar-refractivity contribution in [3.63, 3.8) is 0 Å². The zero-order valence-corrected chi connectivity index (χ0v) is 17.0. The maximum absolute atomic E-state index is 12.7. The van der Waals surface area contributed by atoms with Gasteiger partial charge >= 0.3 is 0 Å². The number of carbonyl (C=O) groups is 2. The van der Waals surface area contributed by atoms with Crippen LogP contribution in [-0.4, -0.2) is 40.1 Å². The second-order valence-corrected chi connectivity index (χ2v) is 7.21. The van der Waals surface area contributed by atoms with E-state index in [1.54, 1.807) is 38.4 Å². The molecular formula is C22H24N4O3. The fourth-order valence-corrected chi connectivity index (χ4v) is 3.15. The number of nitrogens with zero attached hydrogens (tertiary/aromatic N) is 3. The molecule has 2 amide bonds. The number of aryl methyl sites for hydroxylation is 3. The number of anilines is 1. The summed E-state index contributed by atoms with van der Waals surface area (Å²) in [5.41, 5.74) is 3.04. The fourth-order valence-electron chi connectivity index (χ4n) is 3.15. The standard InChI is InChI=1S/C22H24N4O3/c1-14-9-10-15(2)18(11-14)23-20(27)13-25(3)21(28)12-19-16-7-5-6-8-17(16)22(29)26(4)24-19/h5-11H,12-13H2,1-4H3,(H,23,27). The molecule has 2 aromatic carbocycles. The molecule has 150 valence electrons. The zero-order valence-electron chi connectivity index (χ0n) is 17.0. The Balaban J connectivity index is 1.72. The third-order valence-corrected chi connectivity index (χ3v) is 4.83. The Hall–Kier alpha value is -3.48. The van der Waals surface area contributed by atoms with Crippen LogP contribution in [0.5, 0.6) is 0 Å². The maximum atomic E-state index is 12.7. The first-order valence-corrected chi connectivity index (χ1v) is 9.32. The number of benzene rings is 2. The summed E-state index contributed by atoms with van der Waals surface area (Å²) in [5.74, 6) is -0.523. The van der Waals surface area contributed by atoms with E-state index < -0.39 is 0 Å². The Bertz CT molecular complexity index is 1150. The topological polar surface area (TPSA) is 84.3 Å². The predicted octanol–water partition coefficient (Wildman–Crippen LogP) is 2.19. The number of carbonyl (C=O) groups excluding carboxylic acids is 2. The van der Waals surface area contributed by atoms with Crippen molar-refractivity contribution >= 4 is 28.3 Å². The average Bonchev–Trinajstić information content (AvgIpc) is 2.68. The molecule has 0 aliphatic heterocycles. The number of fused-ring (bicyclic) bond motifs is 1. The van der Waals surface area contributed by atoms with Crippen LogP contribution in [0.3, 0.4) is 0 Å². The van der Waals surface area contributed by atoms with Crippen LogP contribution in [0.25, 0.3) is 10.8 Å². The van der Waals surface area contributed by atoms with Gasteiger partial charge in [-0.3, -0.25) is 14.4 Å². The van der Waals surface area contributed by atoms with Crippen LogP contribution in [0.2, 0.25) is 0 Å². The zero-order chi connectivity index (χ0) is 21.1. The quantitative estimate of drug-likeness (QED) is 0.721. The Morgan fingerprint density at radius 2 is 1.79 bits per heavy atom. The van der Waals surface area contributed by atoms with Crippen molar-refractivity contribution in [2.75, 3.05) is 18.9 Å². The number of likely N-dealkylation sites (N-methyl/N-ethyl adjacent to an activating group) is 1. The highest BCUT2D eigenvalue weighted by Crippen LogP contribution is 2.17. The molecule has 29 heavy (non-hydrogen) atoms. The van der Waals surface area contributed by atoms with Crippen LogP contribution in [0.15, 0.2) is 47.3 Å². The summed E-state index contributed by atoms with van der Waals surface area (Å²) < 4.78 is 1.23. The molecule has 7 nitrogen and oxygen atoms in total. The van der Waals surface area contributed by atoms with Crippen molar-refractivity contribution in [3.8, 4) is 0 Å². The second-order valence-electron chi connectivity index (χ2n) is 7.21. The normalized spacial score (nSPS) is 10.8. The van der Waals surface area contributed by atoms with Crippen molar-refractivity contribution in [1.29, 1.82) is 0 Å². The van der Waals surface area contributed by atoms with Gasteiger partial charge < -0.3 is 10.2 Å². The molecule has 0 spiro atoms. The summed E-state index contributed by atoms with van der Waals surface area (Å²) >= 11 is 0. The lowest BCUT2D eigenvalue weighted by molar-refractivity contribution is -0.132. The van der Waals surface area contributed by atoms with Crippen molar-refractivity contribution in [2.24, 2.45) is 7.05 Å². The Labute approximate surface area is 169 Å². The Morgan fingerprint density at radius 1 is 1.10 bits per heavy atom. The minimum Gasteiger partial charge on any atom is -0.336 e. The van der Waals surface area contributed by atoms with Crippen LogP contribution < -0.4 is 10.9 Å². The maximum Gasteiger partial charge on any atom is 0.274 e. The van der Waals surface area contributed by atoms with Gasteiger partial charge in [0.25, 0.3) is 5.56 Å². The largest absolute Gasteiger partial charge is 0.336 e. The summed E-state index contributed by atoms with van der Waals surface area (Å²) in [6.45, 7) is 3.80. The highest BCUT2D eigenvalue weighted by Gasteiger charge is 2.17. The number of amides is 2. The highest BCUT2D eigenvalue weighted by molar-refractivity contribution is 5.96. The van der Waals surface area contributed by atoms with Crippen LogP contribution in [0.4, 0.5) is 5.69 Å². The minimum atomic E-state index is -0.271. The first-order valence-electron chi connectivity index (χ1n) is 9.32. The van der Waals surface area contributed by atoms with Crippen molar-refractivity contribution in [1.82, 2.24) is 14.7 Å². The predicted molar refractivity (Wildman–Crippen MR) is 113 cm³/mol. The molecule has 1 N–H and O–H groups in total. The third kappa shape index (κ3) is 4.51. The lowest BCUT2D eigenvalue weighted by atomic mass is 10.1. The molecule has 0 radical (unpaired) electrons. The number of hydrogen-bond donors (Lipinski definition) is 1. The third-order valence-electron chi connectivity index (χ3n) is 4.83. The van der Waals surface area contributed by atoms with Gasteiger partial charge in [-0.1, -0.05) is 30.3 Å². The number of rotatable bonds is 5. The average molecular weight is 392 g/mol. The van der Waals surface area contributed by atoms with Crippen molar-refractivity contribution in [3.05, 3.63) is 69.6 Å². The molecule has 3 rings (SSSR count). The lowest BCUT2D eigenvalue weighted by Gasteiger charge is -2.18. The van der Waals surface area contributed by atoms with E-state index in [1.807, 2.05) is 32.0 Å². The molecule has 0 unspecified atom stereocenters. The monoisotopic (exact) mass is 392 g/mol. The van der Waals surface area contributed by atoms with Crippen LogP contribution in [0, 0.1) is 13.8 Å². The van der Waals surface area contributed by atoms with Gasteiger partial charge in [0.05, 0.1) is 24.0 Å². The van der Waals surface area contributed by atoms with E-state index in [4.69, 9.17) is 0 Å². The molecular weight excluding hydrogens is 368 g/mol. The lowest BCUT2D eigenvalue weighted by Crippen LogP contribution is -2.36. The van der Waals surface area contributed by atoms with Gasteiger partial charge in [-0.05, 0) is 37.1 Å². The van der Waals surface area contributed by atoms with Gasteiger partial charge in [-0.15, -0.1) is 0 Å². The molecule has 0 atom stereocenters. The van der Waals surface area contributed by atoms with Gasteiger partial charge in [0, 0.05) is 25.2 Å². The minimum absolute atomic E-state index is 0.00187. The van der Waals surface area contributed by atoms with E-state index in [0.29, 0.717) is 16.5 Å². The van der Waals surface area contributed by atoms with E-state index in [-0.39, 0.29) is 30.3 Å². The van der Waals surface area contributed by atoms with E-state index in [9.17, 15) is 14.4 Å². The first-order chi connectivity index (χ1) is 13.8. The van der Waals surface area contributed by atoms with Gasteiger partial charge in [-0.25, -0.2) is 4.68 Å². The molecule has 0 bridgehead atoms. The fraction of sp³-hybridized carbons (Fsp3) is 0.273.